The number of amides is 1. The summed E-state index contributed by atoms with van der Waals surface area (Å²) in [5.41, 5.74) is 0.128. The Kier molecular flexibility index (Phi) is 5.76. The van der Waals surface area contributed by atoms with Crippen LogP contribution in [0.2, 0.25) is 0 Å². The average molecular weight is 311 g/mol. The fourth-order valence-electron chi connectivity index (χ4n) is 1.76. The normalized spacial score (nSPS) is 12.4. The number of nitrogens with one attached hydrogen (secondary N) is 1. The van der Waals surface area contributed by atoms with Crippen LogP contribution in [0, 0.1) is 0 Å². The molecule has 0 fully saturated rings. The van der Waals surface area contributed by atoms with Gasteiger partial charge in [-0.25, -0.2) is 4.79 Å². The van der Waals surface area contributed by atoms with E-state index >= 15 is 0 Å². The Morgan fingerprint density at radius 3 is 2.45 bits per heavy atom. The number of hydrogen-bond donors (Lipinski definition) is 3. The second-order valence-electron chi connectivity index (χ2n) is 5.70. The van der Waals surface area contributed by atoms with Crippen LogP contribution < -0.4 is 10.1 Å². The quantitative estimate of drug-likeness (QED) is 0.772. The van der Waals surface area contributed by atoms with Crippen LogP contribution in [-0.4, -0.2) is 35.0 Å². The van der Waals surface area contributed by atoms with E-state index in [1.165, 1.54) is 25.3 Å². The van der Waals surface area contributed by atoms with Crippen molar-refractivity contribution in [2.75, 3.05) is 12.4 Å². The first-order chi connectivity index (χ1) is 10.1. The maximum atomic E-state index is 11.7. The minimum Gasteiger partial charge on any atom is -0.496 e. The molecule has 0 unspecified atom stereocenters. The zero-order valence-corrected chi connectivity index (χ0v) is 13.0. The molecule has 0 saturated carbocycles. The van der Waals surface area contributed by atoms with E-state index < -0.39 is 30.2 Å². The number of carbonyl (C=O) groups is 2. The van der Waals surface area contributed by atoms with Crippen molar-refractivity contribution < 1.29 is 29.3 Å². The predicted octanol–water partition coefficient (Wildman–Crippen LogP) is 2.55. The molecule has 7 heteroatoms. The van der Waals surface area contributed by atoms with Gasteiger partial charge >= 0.3 is 12.1 Å². The van der Waals surface area contributed by atoms with E-state index in [4.69, 9.17) is 14.6 Å². The molecule has 3 N–H and O–H groups in total. The van der Waals surface area contributed by atoms with E-state index in [0.29, 0.717) is 11.3 Å². The van der Waals surface area contributed by atoms with E-state index in [1.807, 2.05) is 0 Å². The lowest BCUT2D eigenvalue weighted by atomic mass is 10.0. The van der Waals surface area contributed by atoms with Gasteiger partial charge in [-0.15, -0.1) is 0 Å². The molecule has 22 heavy (non-hydrogen) atoms. The second kappa shape index (κ2) is 7.13. The topological polar surface area (TPSA) is 105 Å². The number of aliphatic hydroxyl groups excluding tert-OH is 1. The average Bonchev–Trinajstić information content (AvgIpc) is 2.35. The molecule has 0 aliphatic rings. The molecule has 0 spiro atoms. The number of anilines is 1. The van der Waals surface area contributed by atoms with E-state index in [0.717, 1.165) is 0 Å². The van der Waals surface area contributed by atoms with Crippen LogP contribution >= 0.6 is 0 Å². The van der Waals surface area contributed by atoms with Gasteiger partial charge in [-0.1, -0.05) is 6.07 Å². The Morgan fingerprint density at radius 1 is 1.32 bits per heavy atom. The van der Waals surface area contributed by atoms with Crippen molar-refractivity contribution in [3.63, 3.8) is 0 Å². The molecule has 0 aliphatic heterocycles. The highest BCUT2D eigenvalue weighted by atomic mass is 16.6. The lowest BCUT2D eigenvalue weighted by Crippen LogP contribution is -2.27. The van der Waals surface area contributed by atoms with Crippen LogP contribution in [0.5, 0.6) is 5.75 Å². The minimum atomic E-state index is -1.19. The maximum Gasteiger partial charge on any atom is 0.412 e. The van der Waals surface area contributed by atoms with Gasteiger partial charge in [0.15, 0.2) is 0 Å². The van der Waals surface area contributed by atoms with Gasteiger partial charge in [0.2, 0.25) is 0 Å². The molecule has 1 atom stereocenters. The smallest absolute Gasteiger partial charge is 0.412 e. The first-order valence-corrected chi connectivity index (χ1v) is 6.70. The summed E-state index contributed by atoms with van der Waals surface area (Å²) >= 11 is 0. The molecule has 0 heterocycles. The molecule has 0 aromatic heterocycles. The number of benzene rings is 1. The molecular formula is C15H21NO6. The Balaban J connectivity index is 2.88. The Bertz CT molecular complexity index is 549. The van der Waals surface area contributed by atoms with Gasteiger partial charge in [-0.3, -0.25) is 10.1 Å². The third-order valence-corrected chi connectivity index (χ3v) is 2.61. The van der Waals surface area contributed by atoms with Gasteiger partial charge in [-0.05, 0) is 26.8 Å². The van der Waals surface area contributed by atoms with E-state index in [9.17, 15) is 14.7 Å². The van der Waals surface area contributed by atoms with Crippen molar-refractivity contribution in [2.24, 2.45) is 0 Å². The highest BCUT2D eigenvalue weighted by Gasteiger charge is 2.19. The zero-order chi connectivity index (χ0) is 16.9. The molecule has 1 rings (SSSR count). The lowest BCUT2D eigenvalue weighted by molar-refractivity contribution is -0.139. The van der Waals surface area contributed by atoms with Crippen LogP contribution in [0.4, 0.5) is 10.5 Å². The van der Waals surface area contributed by atoms with Crippen LogP contribution in [0.1, 0.15) is 38.9 Å². The number of hydrogen-bond acceptors (Lipinski definition) is 5. The van der Waals surface area contributed by atoms with Crippen LogP contribution in [-0.2, 0) is 9.53 Å². The van der Waals surface area contributed by atoms with Crippen LogP contribution in [0.3, 0.4) is 0 Å². The summed E-state index contributed by atoms with van der Waals surface area (Å²) in [5.74, 6) is -0.840. The molecule has 0 bridgehead atoms. The Morgan fingerprint density at radius 2 is 1.95 bits per heavy atom. The van der Waals surface area contributed by atoms with E-state index in [2.05, 4.69) is 5.32 Å². The highest BCUT2D eigenvalue weighted by molar-refractivity contribution is 5.85. The maximum absolute atomic E-state index is 11.7. The SMILES string of the molecule is COc1cc(NC(=O)OC(C)(C)C)ccc1[C@@H](O)CC(=O)O. The molecule has 1 aromatic carbocycles. The van der Waals surface area contributed by atoms with Crippen molar-refractivity contribution in [3.8, 4) is 5.75 Å². The number of carboxylic acids is 1. The predicted molar refractivity (Wildman–Crippen MR) is 80.1 cm³/mol. The van der Waals surface area contributed by atoms with Crippen molar-refractivity contribution in [3.05, 3.63) is 23.8 Å². The zero-order valence-electron chi connectivity index (χ0n) is 13.0. The first kappa shape index (κ1) is 17.8. The molecule has 0 radical (unpaired) electrons. The third-order valence-electron chi connectivity index (χ3n) is 2.61. The number of methoxy groups -OCH3 is 1. The van der Waals surface area contributed by atoms with Crippen LogP contribution in [0.15, 0.2) is 18.2 Å². The molecular weight excluding hydrogens is 290 g/mol. The summed E-state index contributed by atoms with van der Waals surface area (Å²) in [6, 6.07) is 4.52. The summed E-state index contributed by atoms with van der Waals surface area (Å²) in [6.45, 7) is 5.25. The summed E-state index contributed by atoms with van der Waals surface area (Å²) in [5, 5.41) is 21.1. The van der Waals surface area contributed by atoms with E-state index in [1.54, 1.807) is 20.8 Å². The minimum absolute atomic E-state index is 0.280. The van der Waals surface area contributed by atoms with Crippen molar-refractivity contribution in [1.82, 2.24) is 0 Å². The highest BCUT2D eigenvalue weighted by Crippen LogP contribution is 2.30. The molecule has 1 amide bonds. The monoisotopic (exact) mass is 311 g/mol. The molecule has 122 valence electrons. The molecule has 7 nitrogen and oxygen atoms in total. The standard InChI is InChI=1S/C15H21NO6/c1-15(2,3)22-14(20)16-9-5-6-10(12(7-9)21-4)11(17)8-13(18)19/h5-7,11,17H,8H2,1-4H3,(H,16,20)(H,18,19)/t11-/m0/s1. The number of rotatable bonds is 5. The fraction of sp³-hybridized carbons (Fsp3) is 0.467. The summed E-state index contributed by atoms with van der Waals surface area (Å²) in [7, 11) is 1.39. The van der Waals surface area contributed by atoms with E-state index in [-0.39, 0.29) is 5.75 Å². The second-order valence-corrected chi connectivity index (χ2v) is 5.70. The van der Waals surface area contributed by atoms with Gasteiger partial charge in [0, 0.05) is 17.3 Å². The number of aliphatic hydroxyl groups is 1. The van der Waals surface area contributed by atoms with Gasteiger partial charge in [-0.2, -0.15) is 0 Å². The fourth-order valence-corrected chi connectivity index (χ4v) is 1.76. The number of carbonyl (C=O) groups excluding carboxylic acids is 1. The van der Waals surface area contributed by atoms with Crippen LogP contribution in [0.25, 0.3) is 0 Å². The Hall–Kier alpha value is -2.28. The van der Waals surface area contributed by atoms with Crippen molar-refractivity contribution in [2.45, 2.75) is 38.9 Å². The largest absolute Gasteiger partial charge is 0.496 e. The van der Waals surface area contributed by atoms with Gasteiger partial charge < -0.3 is 19.7 Å². The van der Waals surface area contributed by atoms with Gasteiger partial charge in [0.25, 0.3) is 0 Å². The van der Waals surface area contributed by atoms with Crippen molar-refractivity contribution in [1.29, 1.82) is 0 Å². The molecule has 0 saturated heterocycles. The third kappa shape index (κ3) is 5.61. The van der Waals surface area contributed by atoms with Gasteiger partial charge in [0.05, 0.1) is 19.6 Å². The number of ether oxygens (including phenoxy) is 2. The number of aliphatic carboxylic acids is 1. The van der Waals surface area contributed by atoms with Crippen molar-refractivity contribution >= 4 is 17.7 Å². The summed E-state index contributed by atoms with van der Waals surface area (Å²) in [6.07, 6.45) is -2.24. The molecule has 0 aliphatic carbocycles. The first-order valence-electron chi connectivity index (χ1n) is 6.70. The summed E-state index contributed by atoms with van der Waals surface area (Å²) < 4.78 is 10.3. The summed E-state index contributed by atoms with van der Waals surface area (Å²) in [4.78, 5) is 22.3. The number of carboxylic acid groups (broad SMARTS) is 1. The van der Waals surface area contributed by atoms with Gasteiger partial charge in [0.1, 0.15) is 11.4 Å². The lowest BCUT2D eigenvalue weighted by Gasteiger charge is -2.20. The molecule has 1 aromatic rings. The Labute approximate surface area is 128 Å².